The molecule has 23 heavy (non-hydrogen) atoms. The van der Waals surface area contributed by atoms with Crippen LogP contribution >= 0.6 is 15.9 Å². The summed E-state index contributed by atoms with van der Waals surface area (Å²) < 4.78 is 5.76. The van der Waals surface area contributed by atoms with Gasteiger partial charge in [-0.2, -0.15) is 5.26 Å². The average Bonchev–Trinajstić information content (AvgIpc) is 2.55. The predicted octanol–water partition coefficient (Wildman–Crippen LogP) is 3.50. The Morgan fingerprint density at radius 1 is 1.22 bits per heavy atom. The monoisotopic (exact) mass is 372 g/mol. The van der Waals surface area contributed by atoms with Gasteiger partial charge in [-0.15, -0.1) is 0 Å². The molecule has 6 heteroatoms. The van der Waals surface area contributed by atoms with E-state index < -0.39 is 18.0 Å². The van der Waals surface area contributed by atoms with Gasteiger partial charge in [0.15, 0.2) is 6.10 Å². The Balaban J connectivity index is 2.01. The number of nitriles is 1. The molecule has 5 nitrogen and oxygen atoms in total. The number of hydrogen-bond donors (Lipinski definition) is 1. The van der Waals surface area contributed by atoms with Gasteiger partial charge in [-0.1, -0.05) is 18.2 Å². The minimum Gasteiger partial charge on any atom is -0.449 e. The van der Waals surface area contributed by atoms with Gasteiger partial charge in [0, 0.05) is 10.2 Å². The van der Waals surface area contributed by atoms with Crippen LogP contribution in [0, 0.1) is 11.3 Å². The standard InChI is InChI=1S/C17H13BrN2O3/c1-11(23-17(22)14-7-2-3-8-15(14)18)16(21)20-13-6-4-5-12(9-13)10-19/h2-9,11H,1H3,(H,20,21). The third-order valence-corrected chi connectivity index (χ3v) is 3.70. The fraction of sp³-hybridized carbons (Fsp3) is 0.118. The van der Waals surface area contributed by atoms with E-state index in [4.69, 9.17) is 10.00 Å². The molecular weight excluding hydrogens is 360 g/mol. The van der Waals surface area contributed by atoms with Crippen LogP contribution in [0.1, 0.15) is 22.8 Å². The molecule has 116 valence electrons. The molecule has 0 saturated carbocycles. The predicted molar refractivity (Wildman–Crippen MR) is 88.8 cm³/mol. The first-order chi connectivity index (χ1) is 11.0. The largest absolute Gasteiger partial charge is 0.449 e. The summed E-state index contributed by atoms with van der Waals surface area (Å²) in [5.74, 6) is -1.06. The number of hydrogen-bond acceptors (Lipinski definition) is 4. The molecule has 0 aliphatic carbocycles. The molecule has 0 radical (unpaired) electrons. The van der Waals surface area contributed by atoms with E-state index in [1.54, 1.807) is 48.5 Å². The molecule has 0 heterocycles. The average molecular weight is 373 g/mol. The van der Waals surface area contributed by atoms with Crippen LogP contribution in [0.3, 0.4) is 0 Å². The van der Waals surface area contributed by atoms with Gasteiger partial charge in [-0.3, -0.25) is 4.79 Å². The maximum Gasteiger partial charge on any atom is 0.340 e. The lowest BCUT2D eigenvalue weighted by Crippen LogP contribution is -2.30. The highest BCUT2D eigenvalue weighted by Crippen LogP contribution is 2.18. The molecule has 1 N–H and O–H groups in total. The SMILES string of the molecule is CC(OC(=O)c1ccccc1Br)C(=O)Nc1cccc(C#N)c1. The van der Waals surface area contributed by atoms with Gasteiger partial charge in [0.25, 0.3) is 5.91 Å². The lowest BCUT2D eigenvalue weighted by atomic mass is 10.2. The number of nitrogens with zero attached hydrogens (tertiary/aromatic N) is 1. The molecule has 0 aromatic heterocycles. The lowest BCUT2D eigenvalue weighted by molar-refractivity contribution is -0.123. The van der Waals surface area contributed by atoms with Crippen LogP contribution in [0.5, 0.6) is 0 Å². The van der Waals surface area contributed by atoms with Crippen molar-refractivity contribution in [3.63, 3.8) is 0 Å². The van der Waals surface area contributed by atoms with Crippen LogP contribution in [0.2, 0.25) is 0 Å². The van der Waals surface area contributed by atoms with E-state index in [9.17, 15) is 9.59 Å². The summed E-state index contributed by atoms with van der Waals surface area (Å²) in [5.41, 5.74) is 1.25. The highest BCUT2D eigenvalue weighted by molar-refractivity contribution is 9.10. The molecular formula is C17H13BrN2O3. The molecule has 2 rings (SSSR count). The van der Waals surface area contributed by atoms with Crippen molar-refractivity contribution < 1.29 is 14.3 Å². The molecule has 0 saturated heterocycles. The molecule has 0 aliphatic rings. The van der Waals surface area contributed by atoms with Crippen LogP contribution in [-0.4, -0.2) is 18.0 Å². The topological polar surface area (TPSA) is 79.2 Å². The maximum atomic E-state index is 12.1. The minimum atomic E-state index is -0.972. The Bertz CT molecular complexity index is 783. The Kier molecular flexibility index (Phi) is 5.50. The van der Waals surface area contributed by atoms with Crippen LogP contribution in [0.15, 0.2) is 53.0 Å². The van der Waals surface area contributed by atoms with E-state index in [1.807, 2.05) is 6.07 Å². The normalized spacial score (nSPS) is 11.2. The number of carbonyl (C=O) groups is 2. The van der Waals surface area contributed by atoms with Gasteiger partial charge in [0.2, 0.25) is 0 Å². The second-order valence-electron chi connectivity index (χ2n) is 4.71. The van der Waals surface area contributed by atoms with E-state index in [0.29, 0.717) is 21.3 Å². The van der Waals surface area contributed by atoms with Crippen molar-refractivity contribution >= 4 is 33.5 Å². The highest BCUT2D eigenvalue weighted by Gasteiger charge is 2.20. The second-order valence-corrected chi connectivity index (χ2v) is 5.56. The maximum absolute atomic E-state index is 12.1. The zero-order valence-electron chi connectivity index (χ0n) is 12.2. The van der Waals surface area contributed by atoms with Crippen molar-refractivity contribution in [3.05, 3.63) is 64.1 Å². The molecule has 2 aromatic rings. The Labute approximate surface area is 142 Å². The number of benzene rings is 2. The smallest absolute Gasteiger partial charge is 0.340 e. The molecule has 1 unspecified atom stereocenters. The molecule has 2 aromatic carbocycles. The van der Waals surface area contributed by atoms with Crippen LogP contribution < -0.4 is 5.32 Å². The van der Waals surface area contributed by atoms with E-state index in [0.717, 1.165) is 0 Å². The van der Waals surface area contributed by atoms with Crippen molar-refractivity contribution in [1.29, 1.82) is 5.26 Å². The van der Waals surface area contributed by atoms with E-state index in [1.165, 1.54) is 6.92 Å². The van der Waals surface area contributed by atoms with Crippen LogP contribution in [0.4, 0.5) is 5.69 Å². The fourth-order valence-electron chi connectivity index (χ4n) is 1.81. The summed E-state index contributed by atoms with van der Waals surface area (Å²) in [6, 6.07) is 15.3. The Morgan fingerprint density at radius 2 is 1.96 bits per heavy atom. The number of esters is 1. The zero-order valence-corrected chi connectivity index (χ0v) is 13.8. The van der Waals surface area contributed by atoms with Crippen molar-refractivity contribution in [1.82, 2.24) is 0 Å². The summed E-state index contributed by atoms with van der Waals surface area (Å²) in [4.78, 5) is 24.1. The third kappa shape index (κ3) is 4.41. The van der Waals surface area contributed by atoms with Gasteiger partial charge >= 0.3 is 5.97 Å². The molecule has 1 amide bonds. The summed E-state index contributed by atoms with van der Waals surface area (Å²) in [5, 5.41) is 11.4. The van der Waals surface area contributed by atoms with Crippen molar-refractivity contribution in [2.75, 3.05) is 5.32 Å². The summed E-state index contributed by atoms with van der Waals surface area (Å²) >= 11 is 3.26. The van der Waals surface area contributed by atoms with Gasteiger partial charge in [-0.05, 0) is 53.2 Å². The first kappa shape index (κ1) is 16.7. The van der Waals surface area contributed by atoms with Gasteiger partial charge in [0.1, 0.15) is 0 Å². The summed E-state index contributed by atoms with van der Waals surface area (Å²) in [6.07, 6.45) is -0.972. The van der Waals surface area contributed by atoms with Crippen molar-refractivity contribution in [3.8, 4) is 6.07 Å². The van der Waals surface area contributed by atoms with Crippen LogP contribution in [-0.2, 0) is 9.53 Å². The molecule has 0 aliphatic heterocycles. The number of carbonyl (C=O) groups excluding carboxylic acids is 2. The number of nitrogens with one attached hydrogen (secondary N) is 1. The first-order valence-corrected chi connectivity index (χ1v) is 7.57. The molecule has 0 spiro atoms. The quantitative estimate of drug-likeness (QED) is 0.832. The first-order valence-electron chi connectivity index (χ1n) is 6.78. The number of anilines is 1. The second kappa shape index (κ2) is 7.56. The van der Waals surface area contributed by atoms with E-state index >= 15 is 0 Å². The number of halogens is 1. The Morgan fingerprint density at radius 3 is 2.65 bits per heavy atom. The summed E-state index contributed by atoms with van der Waals surface area (Å²) in [6.45, 7) is 1.48. The fourth-order valence-corrected chi connectivity index (χ4v) is 2.26. The molecule has 0 bridgehead atoms. The van der Waals surface area contributed by atoms with Crippen molar-refractivity contribution in [2.24, 2.45) is 0 Å². The number of ether oxygens (including phenoxy) is 1. The Hall–Kier alpha value is -2.65. The highest BCUT2D eigenvalue weighted by atomic mass is 79.9. The number of amides is 1. The van der Waals surface area contributed by atoms with Gasteiger partial charge in [0.05, 0.1) is 17.2 Å². The van der Waals surface area contributed by atoms with E-state index in [2.05, 4.69) is 21.2 Å². The zero-order chi connectivity index (χ0) is 16.8. The van der Waals surface area contributed by atoms with Gasteiger partial charge < -0.3 is 10.1 Å². The van der Waals surface area contributed by atoms with Crippen LogP contribution in [0.25, 0.3) is 0 Å². The van der Waals surface area contributed by atoms with Crippen molar-refractivity contribution in [2.45, 2.75) is 13.0 Å². The molecule has 1 atom stereocenters. The minimum absolute atomic E-state index is 0.346. The lowest BCUT2D eigenvalue weighted by Gasteiger charge is -2.14. The van der Waals surface area contributed by atoms with Gasteiger partial charge in [-0.25, -0.2) is 4.79 Å². The summed E-state index contributed by atoms with van der Waals surface area (Å²) in [7, 11) is 0. The molecule has 0 fully saturated rings. The number of rotatable bonds is 4. The van der Waals surface area contributed by atoms with E-state index in [-0.39, 0.29) is 0 Å². The third-order valence-electron chi connectivity index (χ3n) is 3.01.